The fourth-order valence-corrected chi connectivity index (χ4v) is 2.26. The normalized spacial score (nSPS) is 12.4. The molecule has 1 N–H and O–H groups in total. The number of benzene rings is 1. The van der Waals surface area contributed by atoms with Crippen LogP contribution in [0.4, 0.5) is 0 Å². The van der Waals surface area contributed by atoms with Gasteiger partial charge in [-0.2, -0.15) is 0 Å². The Hall–Kier alpha value is -1.67. The molecule has 0 fully saturated rings. The summed E-state index contributed by atoms with van der Waals surface area (Å²) in [6, 6.07) is 11.1. The second kappa shape index (κ2) is 5.78. The van der Waals surface area contributed by atoms with Gasteiger partial charge in [-0.1, -0.05) is 31.2 Å². The van der Waals surface area contributed by atoms with E-state index in [1.54, 1.807) is 0 Å². The van der Waals surface area contributed by atoms with Crippen LogP contribution in [0.1, 0.15) is 35.2 Å². The van der Waals surface area contributed by atoms with E-state index < -0.39 is 0 Å². The molecule has 0 bridgehead atoms. The first-order chi connectivity index (χ1) is 8.76. The zero-order chi connectivity index (χ0) is 13.0. The maximum Gasteiger partial charge on any atom is 0.0578 e. The maximum atomic E-state index is 4.15. The quantitative estimate of drug-likeness (QED) is 0.887. The Morgan fingerprint density at radius 1 is 1.17 bits per heavy atom. The first-order valence-corrected chi connectivity index (χ1v) is 6.43. The van der Waals surface area contributed by atoms with Crippen LogP contribution in [0.5, 0.6) is 0 Å². The molecule has 0 aliphatic rings. The van der Waals surface area contributed by atoms with Gasteiger partial charge in [0.05, 0.1) is 6.04 Å². The Morgan fingerprint density at radius 3 is 2.44 bits per heavy atom. The molecular weight excluding hydrogens is 220 g/mol. The van der Waals surface area contributed by atoms with E-state index >= 15 is 0 Å². The van der Waals surface area contributed by atoms with Gasteiger partial charge < -0.3 is 5.32 Å². The lowest BCUT2D eigenvalue weighted by atomic mass is 9.95. The van der Waals surface area contributed by atoms with Gasteiger partial charge in [-0.05, 0) is 48.7 Å². The maximum absolute atomic E-state index is 4.15. The van der Waals surface area contributed by atoms with Crippen LogP contribution in [0.2, 0.25) is 0 Å². The third-order valence-electron chi connectivity index (χ3n) is 3.38. The fourth-order valence-electron chi connectivity index (χ4n) is 2.26. The molecule has 1 unspecified atom stereocenters. The topological polar surface area (TPSA) is 24.9 Å². The minimum Gasteiger partial charge on any atom is -0.309 e. The molecule has 0 aliphatic carbocycles. The Labute approximate surface area is 109 Å². The molecule has 18 heavy (non-hydrogen) atoms. The monoisotopic (exact) mass is 240 g/mol. The molecule has 2 nitrogen and oxygen atoms in total. The van der Waals surface area contributed by atoms with Gasteiger partial charge in [-0.25, -0.2) is 0 Å². The summed E-state index contributed by atoms with van der Waals surface area (Å²) in [5.74, 6) is 0. The average molecular weight is 240 g/mol. The third-order valence-corrected chi connectivity index (χ3v) is 3.38. The Bertz CT molecular complexity index is 503. The highest BCUT2D eigenvalue weighted by Crippen LogP contribution is 2.24. The van der Waals surface area contributed by atoms with E-state index in [4.69, 9.17) is 0 Å². The Balaban J connectivity index is 2.36. The first-order valence-electron chi connectivity index (χ1n) is 6.43. The smallest absolute Gasteiger partial charge is 0.0578 e. The summed E-state index contributed by atoms with van der Waals surface area (Å²) >= 11 is 0. The van der Waals surface area contributed by atoms with Crippen LogP contribution >= 0.6 is 0 Å². The van der Waals surface area contributed by atoms with Crippen molar-refractivity contribution in [1.29, 1.82) is 0 Å². The van der Waals surface area contributed by atoms with E-state index in [2.05, 4.69) is 54.5 Å². The Kier molecular flexibility index (Phi) is 4.11. The molecule has 94 valence electrons. The minimum absolute atomic E-state index is 0.235. The van der Waals surface area contributed by atoms with Gasteiger partial charge in [-0.15, -0.1) is 0 Å². The van der Waals surface area contributed by atoms with Crippen LogP contribution < -0.4 is 5.32 Å². The molecule has 0 spiro atoms. The molecule has 0 amide bonds. The summed E-state index contributed by atoms with van der Waals surface area (Å²) < 4.78 is 0. The molecule has 1 heterocycles. The summed E-state index contributed by atoms with van der Waals surface area (Å²) in [7, 11) is 2.00. The molecule has 1 aromatic heterocycles. The van der Waals surface area contributed by atoms with Crippen molar-refractivity contribution >= 4 is 0 Å². The number of aromatic nitrogens is 1. The van der Waals surface area contributed by atoms with E-state index in [-0.39, 0.29) is 6.04 Å². The largest absolute Gasteiger partial charge is 0.309 e. The molecule has 0 saturated heterocycles. The van der Waals surface area contributed by atoms with Crippen LogP contribution in [0.25, 0.3) is 0 Å². The number of hydrogen-bond acceptors (Lipinski definition) is 2. The lowest BCUT2D eigenvalue weighted by Gasteiger charge is -2.19. The number of nitrogens with zero attached hydrogens (tertiary/aromatic N) is 1. The van der Waals surface area contributed by atoms with Gasteiger partial charge in [0.25, 0.3) is 0 Å². The predicted molar refractivity (Wildman–Crippen MR) is 75.7 cm³/mol. The van der Waals surface area contributed by atoms with Gasteiger partial charge in [0.15, 0.2) is 0 Å². The van der Waals surface area contributed by atoms with E-state index in [0.29, 0.717) is 0 Å². The predicted octanol–water partition coefficient (Wildman–Crippen LogP) is 3.26. The highest BCUT2D eigenvalue weighted by Gasteiger charge is 2.13. The number of nitrogens with one attached hydrogen (secondary N) is 1. The molecule has 1 atom stereocenters. The molecule has 0 saturated carbocycles. The summed E-state index contributed by atoms with van der Waals surface area (Å²) in [5.41, 5.74) is 5.18. The van der Waals surface area contributed by atoms with Crippen LogP contribution in [0.3, 0.4) is 0 Å². The highest BCUT2D eigenvalue weighted by atomic mass is 14.9. The summed E-state index contributed by atoms with van der Waals surface area (Å²) in [6.45, 7) is 4.28. The second-order valence-corrected chi connectivity index (χ2v) is 4.55. The summed E-state index contributed by atoms with van der Waals surface area (Å²) in [6.07, 6.45) is 4.85. The van der Waals surface area contributed by atoms with Crippen molar-refractivity contribution in [1.82, 2.24) is 10.3 Å². The van der Waals surface area contributed by atoms with Gasteiger partial charge in [0, 0.05) is 12.4 Å². The minimum atomic E-state index is 0.235. The first kappa shape index (κ1) is 12.8. The second-order valence-electron chi connectivity index (χ2n) is 4.55. The number of aryl methyl sites for hydroxylation is 2. The third kappa shape index (κ3) is 2.59. The fraction of sp³-hybridized carbons (Fsp3) is 0.312. The van der Waals surface area contributed by atoms with Crippen molar-refractivity contribution in [2.75, 3.05) is 7.05 Å². The van der Waals surface area contributed by atoms with Crippen molar-refractivity contribution in [3.63, 3.8) is 0 Å². The number of hydrogen-bond donors (Lipinski definition) is 1. The molecule has 2 rings (SSSR count). The van der Waals surface area contributed by atoms with E-state index in [9.17, 15) is 0 Å². The van der Waals surface area contributed by atoms with Crippen molar-refractivity contribution < 1.29 is 0 Å². The van der Waals surface area contributed by atoms with Crippen LogP contribution in [-0.2, 0) is 6.42 Å². The summed E-state index contributed by atoms with van der Waals surface area (Å²) in [5, 5.41) is 3.39. The van der Waals surface area contributed by atoms with Crippen molar-refractivity contribution in [2.24, 2.45) is 0 Å². The van der Waals surface area contributed by atoms with Crippen LogP contribution in [0.15, 0.2) is 42.7 Å². The lowest BCUT2D eigenvalue weighted by molar-refractivity contribution is 0.686. The highest BCUT2D eigenvalue weighted by molar-refractivity contribution is 5.36. The van der Waals surface area contributed by atoms with Crippen molar-refractivity contribution in [3.8, 4) is 0 Å². The molecule has 2 aromatic rings. The standard InChI is InChI=1S/C16H20N2/c1-4-13-5-7-14(8-6-13)16(17-3)15-9-10-18-11-12(15)2/h5-11,16-17H,4H2,1-3H3. The Morgan fingerprint density at radius 2 is 1.89 bits per heavy atom. The van der Waals surface area contributed by atoms with Crippen molar-refractivity contribution in [3.05, 3.63) is 65.0 Å². The van der Waals surface area contributed by atoms with Gasteiger partial charge in [0.2, 0.25) is 0 Å². The van der Waals surface area contributed by atoms with E-state index in [0.717, 1.165) is 6.42 Å². The lowest BCUT2D eigenvalue weighted by Crippen LogP contribution is -2.18. The van der Waals surface area contributed by atoms with Gasteiger partial charge in [0.1, 0.15) is 0 Å². The van der Waals surface area contributed by atoms with Gasteiger partial charge in [-0.3, -0.25) is 4.98 Å². The SMILES string of the molecule is CCc1ccc(C(NC)c2ccncc2C)cc1. The zero-order valence-corrected chi connectivity index (χ0v) is 11.3. The van der Waals surface area contributed by atoms with E-state index in [1.165, 1.54) is 22.3 Å². The van der Waals surface area contributed by atoms with Crippen molar-refractivity contribution in [2.45, 2.75) is 26.3 Å². The zero-order valence-electron chi connectivity index (χ0n) is 11.3. The number of rotatable bonds is 4. The van der Waals surface area contributed by atoms with Crippen LogP contribution in [0, 0.1) is 6.92 Å². The average Bonchev–Trinajstić information content (AvgIpc) is 2.42. The molecule has 0 radical (unpaired) electrons. The molecule has 1 aromatic carbocycles. The summed E-state index contributed by atoms with van der Waals surface area (Å²) in [4.78, 5) is 4.15. The van der Waals surface area contributed by atoms with E-state index in [1.807, 2.05) is 19.4 Å². The van der Waals surface area contributed by atoms with Gasteiger partial charge >= 0.3 is 0 Å². The number of pyridine rings is 1. The van der Waals surface area contributed by atoms with Crippen LogP contribution in [-0.4, -0.2) is 12.0 Å². The molecular formula is C16H20N2. The molecule has 0 aliphatic heterocycles. The molecule has 2 heteroatoms.